The van der Waals surface area contributed by atoms with E-state index in [0.29, 0.717) is 11.4 Å². The van der Waals surface area contributed by atoms with E-state index in [9.17, 15) is 9.59 Å². The van der Waals surface area contributed by atoms with Crippen molar-refractivity contribution >= 4 is 23.2 Å². The Hall–Kier alpha value is -2.35. The van der Waals surface area contributed by atoms with Crippen LogP contribution in [0.2, 0.25) is 0 Å². The Morgan fingerprint density at radius 1 is 1.25 bits per heavy atom. The molecule has 0 aliphatic carbocycles. The third-order valence-corrected chi connectivity index (χ3v) is 2.68. The minimum absolute atomic E-state index is 0.0677. The number of hydrogen-bond acceptors (Lipinski definition) is 3. The predicted octanol–water partition coefficient (Wildman–Crippen LogP) is 2.83. The average molecular weight is 273 g/mol. The van der Waals surface area contributed by atoms with Crippen LogP contribution in [0, 0.1) is 23.7 Å². The number of carbonyl (C=O) groups is 2. The summed E-state index contributed by atoms with van der Waals surface area (Å²) in [6, 6.07) is 6.98. The number of benzene rings is 1. The summed E-state index contributed by atoms with van der Waals surface area (Å²) in [5.74, 6) is -0.416. The second-order valence-corrected chi connectivity index (χ2v) is 5.62. The molecule has 0 heterocycles. The molecule has 0 bridgehead atoms. The van der Waals surface area contributed by atoms with Crippen LogP contribution in [0.1, 0.15) is 32.8 Å². The molecule has 20 heavy (non-hydrogen) atoms. The monoisotopic (exact) mass is 273 g/mol. The quantitative estimate of drug-likeness (QED) is 0.888. The van der Waals surface area contributed by atoms with E-state index in [-0.39, 0.29) is 18.2 Å². The van der Waals surface area contributed by atoms with Gasteiger partial charge in [0.15, 0.2) is 0 Å². The van der Waals surface area contributed by atoms with Gasteiger partial charge in [0.2, 0.25) is 11.8 Å². The first kappa shape index (κ1) is 15.7. The maximum absolute atomic E-state index is 11.9. The summed E-state index contributed by atoms with van der Waals surface area (Å²) < 4.78 is 0. The highest BCUT2D eigenvalue weighted by Crippen LogP contribution is 2.23. The van der Waals surface area contributed by atoms with Gasteiger partial charge in [-0.05, 0) is 30.7 Å². The van der Waals surface area contributed by atoms with E-state index in [1.807, 2.05) is 27.7 Å². The summed E-state index contributed by atoms with van der Waals surface area (Å²) in [6.45, 7) is 7.37. The van der Waals surface area contributed by atoms with Crippen LogP contribution in [0.25, 0.3) is 0 Å². The fourth-order valence-electron chi connectivity index (χ4n) is 1.47. The van der Waals surface area contributed by atoms with Gasteiger partial charge in [0.1, 0.15) is 6.42 Å². The summed E-state index contributed by atoms with van der Waals surface area (Å²) in [6.07, 6.45) is -0.179. The Morgan fingerprint density at radius 3 is 2.40 bits per heavy atom. The third kappa shape index (κ3) is 4.39. The molecule has 1 aromatic carbocycles. The topological polar surface area (TPSA) is 82.0 Å². The molecule has 0 unspecified atom stereocenters. The van der Waals surface area contributed by atoms with E-state index in [0.717, 1.165) is 5.56 Å². The summed E-state index contributed by atoms with van der Waals surface area (Å²) in [7, 11) is 0. The summed E-state index contributed by atoms with van der Waals surface area (Å²) in [4.78, 5) is 23.2. The molecule has 0 saturated heterocycles. The fourth-order valence-corrected chi connectivity index (χ4v) is 1.47. The zero-order valence-electron chi connectivity index (χ0n) is 12.2. The van der Waals surface area contributed by atoms with Crippen molar-refractivity contribution in [2.75, 3.05) is 10.6 Å². The van der Waals surface area contributed by atoms with Gasteiger partial charge in [-0.2, -0.15) is 5.26 Å². The van der Waals surface area contributed by atoms with E-state index >= 15 is 0 Å². The smallest absolute Gasteiger partial charge is 0.238 e. The maximum atomic E-state index is 11.9. The Balaban J connectivity index is 2.82. The highest BCUT2D eigenvalue weighted by Gasteiger charge is 2.21. The van der Waals surface area contributed by atoms with Gasteiger partial charge in [-0.15, -0.1) is 0 Å². The SMILES string of the molecule is Cc1cc(NC(=O)CC#N)ccc1NC(=O)C(C)(C)C. The number of anilines is 2. The number of rotatable bonds is 3. The van der Waals surface area contributed by atoms with E-state index in [2.05, 4.69) is 10.6 Å². The van der Waals surface area contributed by atoms with Crippen LogP contribution >= 0.6 is 0 Å². The molecule has 2 N–H and O–H groups in total. The van der Waals surface area contributed by atoms with Crippen LogP contribution in [0.3, 0.4) is 0 Å². The van der Waals surface area contributed by atoms with Crippen LogP contribution in [0.5, 0.6) is 0 Å². The average Bonchev–Trinajstić information content (AvgIpc) is 2.31. The minimum Gasteiger partial charge on any atom is -0.325 e. The van der Waals surface area contributed by atoms with Gasteiger partial charge in [-0.3, -0.25) is 9.59 Å². The second-order valence-electron chi connectivity index (χ2n) is 5.62. The van der Waals surface area contributed by atoms with Gasteiger partial charge in [-0.25, -0.2) is 0 Å². The van der Waals surface area contributed by atoms with Crippen molar-refractivity contribution in [2.45, 2.75) is 34.1 Å². The zero-order chi connectivity index (χ0) is 15.3. The lowest BCUT2D eigenvalue weighted by Gasteiger charge is -2.19. The molecule has 5 nitrogen and oxygen atoms in total. The maximum Gasteiger partial charge on any atom is 0.238 e. The van der Waals surface area contributed by atoms with E-state index in [4.69, 9.17) is 5.26 Å². The molecule has 0 aliphatic heterocycles. The molecular weight excluding hydrogens is 254 g/mol. The second kappa shape index (κ2) is 6.20. The zero-order valence-corrected chi connectivity index (χ0v) is 12.2. The molecule has 0 aliphatic rings. The first-order chi connectivity index (χ1) is 9.24. The van der Waals surface area contributed by atoms with Crippen molar-refractivity contribution < 1.29 is 9.59 Å². The summed E-state index contributed by atoms with van der Waals surface area (Å²) in [5.41, 5.74) is 1.70. The molecule has 106 valence electrons. The molecule has 5 heteroatoms. The lowest BCUT2D eigenvalue weighted by Crippen LogP contribution is -2.27. The molecular formula is C15H19N3O2. The van der Waals surface area contributed by atoms with Crippen molar-refractivity contribution in [1.29, 1.82) is 5.26 Å². The van der Waals surface area contributed by atoms with Crippen LogP contribution in [-0.2, 0) is 9.59 Å². The highest BCUT2D eigenvalue weighted by molar-refractivity contribution is 5.96. The number of nitrogens with one attached hydrogen (secondary N) is 2. The fraction of sp³-hybridized carbons (Fsp3) is 0.400. The summed E-state index contributed by atoms with van der Waals surface area (Å²) >= 11 is 0. The molecule has 1 aromatic rings. The summed E-state index contributed by atoms with van der Waals surface area (Å²) in [5, 5.41) is 13.9. The molecule has 1 rings (SSSR count). The number of aryl methyl sites for hydroxylation is 1. The highest BCUT2D eigenvalue weighted by atomic mass is 16.2. The van der Waals surface area contributed by atoms with Gasteiger partial charge in [-0.1, -0.05) is 20.8 Å². The van der Waals surface area contributed by atoms with Crippen molar-refractivity contribution in [1.82, 2.24) is 0 Å². The molecule has 0 fully saturated rings. The third-order valence-electron chi connectivity index (χ3n) is 2.68. The molecule has 0 atom stereocenters. The van der Waals surface area contributed by atoms with Crippen LogP contribution in [0.15, 0.2) is 18.2 Å². The van der Waals surface area contributed by atoms with Crippen molar-refractivity contribution in [3.8, 4) is 6.07 Å². The Bertz CT molecular complexity index is 565. The molecule has 0 radical (unpaired) electrons. The Morgan fingerprint density at radius 2 is 1.90 bits per heavy atom. The van der Waals surface area contributed by atoms with Crippen LogP contribution in [-0.4, -0.2) is 11.8 Å². The Kier molecular flexibility index (Phi) is 4.87. The molecule has 0 saturated carbocycles. The van der Waals surface area contributed by atoms with Gasteiger partial charge < -0.3 is 10.6 Å². The first-order valence-corrected chi connectivity index (χ1v) is 6.33. The predicted molar refractivity (Wildman–Crippen MR) is 78.1 cm³/mol. The number of nitrogens with zero attached hydrogens (tertiary/aromatic N) is 1. The molecule has 0 aromatic heterocycles. The number of carbonyl (C=O) groups excluding carboxylic acids is 2. The van der Waals surface area contributed by atoms with Crippen LogP contribution < -0.4 is 10.6 Å². The number of amides is 2. The normalized spacial score (nSPS) is 10.6. The van der Waals surface area contributed by atoms with Crippen molar-refractivity contribution in [3.05, 3.63) is 23.8 Å². The number of nitriles is 1. The van der Waals surface area contributed by atoms with E-state index in [1.165, 1.54) is 0 Å². The van der Waals surface area contributed by atoms with Gasteiger partial charge in [0, 0.05) is 16.8 Å². The lowest BCUT2D eigenvalue weighted by molar-refractivity contribution is -0.123. The number of hydrogen-bond donors (Lipinski definition) is 2. The standard InChI is InChI=1S/C15H19N3O2/c1-10-9-11(17-13(19)7-8-16)5-6-12(10)18-14(20)15(2,3)4/h5-6,9H,7H2,1-4H3,(H,17,19)(H,18,20). The minimum atomic E-state index is -0.466. The van der Waals surface area contributed by atoms with Gasteiger partial charge in [0.25, 0.3) is 0 Å². The van der Waals surface area contributed by atoms with E-state index < -0.39 is 5.41 Å². The van der Waals surface area contributed by atoms with Gasteiger partial charge >= 0.3 is 0 Å². The van der Waals surface area contributed by atoms with Gasteiger partial charge in [0.05, 0.1) is 6.07 Å². The first-order valence-electron chi connectivity index (χ1n) is 6.33. The molecule has 0 spiro atoms. The van der Waals surface area contributed by atoms with Crippen LogP contribution in [0.4, 0.5) is 11.4 Å². The van der Waals surface area contributed by atoms with E-state index in [1.54, 1.807) is 24.3 Å². The largest absolute Gasteiger partial charge is 0.325 e. The lowest BCUT2D eigenvalue weighted by atomic mass is 9.95. The Labute approximate surface area is 119 Å². The molecule has 2 amide bonds. The van der Waals surface area contributed by atoms with Crippen molar-refractivity contribution in [2.24, 2.45) is 5.41 Å². The van der Waals surface area contributed by atoms with Crippen molar-refractivity contribution in [3.63, 3.8) is 0 Å².